The van der Waals surface area contributed by atoms with Crippen LogP contribution >= 0.6 is 0 Å². The van der Waals surface area contributed by atoms with Crippen LogP contribution in [-0.2, 0) is 20.8 Å². The maximum atomic E-state index is 12.0. The fourth-order valence-corrected chi connectivity index (χ4v) is 5.38. The van der Waals surface area contributed by atoms with Gasteiger partial charge in [0.25, 0.3) is 0 Å². The Balaban J connectivity index is 1.11. The standard InChI is InChI=1S/C33H42N4O5/c1-23(40-30-7-5-6-20-39-30)31-34-18-19-37(31)22-28-21-29(42-36-28)26-14-10-24(11-15-26)8-9-25-12-16-27(17-13-25)35-32(38)41-33(2,3)4/h10-11,14-15,18-19,21,23,25,27,30H,5-7,12-13,16-17,20,22H2,1-4H3,(H,35,38)/t23-,25?,27?,30?/m0/s1. The highest BCUT2D eigenvalue weighted by Crippen LogP contribution is 2.26. The van der Waals surface area contributed by atoms with Crippen LogP contribution in [0.5, 0.6) is 0 Å². The average molecular weight is 575 g/mol. The van der Waals surface area contributed by atoms with Gasteiger partial charge in [0, 0.05) is 48.2 Å². The van der Waals surface area contributed by atoms with E-state index in [1.54, 1.807) is 6.20 Å². The molecule has 2 atom stereocenters. The molecule has 2 fully saturated rings. The molecule has 9 nitrogen and oxygen atoms in total. The highest BCUT2D eigenvalue weighted by Gasteiger charge is 2.24. The number of nitrogens with one attached hydrogen (secondary N) is 1. The lowest BCUT2D eigenvalue weighted by molar-refractivity contribution is -0.188. The monoisotopic (exact) mass is 574 g/mol. The van der Waals surface area contributed by atoms with Crippen LogP contribution in [-0.4, -0.2) is 45.3 Å². The third-order valence-corrected chi connectivity index (χ3v) is 7.53. The Morgan fingerprint density at radius 1 is 1.14 bits per heavy atom. The van der Waals surface area contributed by atoms with Gasteiger partial charge < -0.3 is 28.6 Å². The Kier molecular flexibility index (Phi) is 9.65. The van der Waals surface area contributed by atoms with Gasteiger partial charge in [0.2, 0.25) is 0 Å². The number of carbonyl (C=O) groups is 1. The van der Waals surface area contributed by atoms with Gasteiger partial charge in [-0.15, -0.1) is 0 Å². The van der Waals surface area contributed by atoms with Gasteiger partial charge in [0.15, 0.2) is 12.1 Å². The van der Waals surface area contributed by atoms with E-state index in [0.29, 0.717) is 18.2 Å². The van der Waals surface area contributed by atoms with Gasteiger partial charge in [-0.25, -0.2) is 9.78 Å². The van der Waals surface area contributed by atoms with Crippen LogP contribution in [0.25, 0.3) is 11.3 Å². The van der Waals surface area contributed by atoms with Gasteiger partial charge >= 0.3 is 6.09 Å². The number of alkyl carbamates (subject to hydrolysis) is 1. The normalized spacial score (nSPS) is 21.7. The van der Waals surface area contributed by atoms with Gasteiger partial charge in [0.05, 0.1) is 6.54 Å². The van der Waals surface area contributed by atoms with E-state index in [1.807, 2.05) is 68.8 Å². The Morgan fingerprint density at radius 3 is 2.64 bits per heavy atom. The first-order chi connectivity index (χ1) is 20.2. The first kappa shape index (κ1) is 29.9. The van der Waals surface area contributed by atoms with Gasteiger partial charge in [-0.3, -0.25) is 0 Å². The molecule has 1 aliphatic heterocycles. The zero-order chi connectivity index (χ0) is 29.5. The van der Waals surface area contributed by atoms with Crippen LogP contribution in [0.1, 0.15) is 95.8 Å². The van der Waals surface area contributed by atoms with Gasteiger partial charge in [0.1, 0.15) is 23.2 Å². The molecule has 1 amide bonds. The average Bonchev–Trinajstić information content (AvgIpc) is 3.63. The van der Waals surface area contributed by atoms with Crippen LogP contribution in [0.3, 0.4) is 0 Å². The SMILES string of the molecule is C[C@H](OC1CCCCO1)c1nccn1Cc1cc(-c2ccc(C#CC3CCC(NC(=O)OC(C)(C)C)CC3)cc2)on1. The predicted molar refractivity (Wildman–Crippen MR) is 158 cm³/mol. The Morgan fingerprint density at radius 2 is 1.93 bits per heavy atom. The molecule has 1 aromatic carbocycles. The Hall–Kier alpha value is -3.61. The number of nitrogens with zero attached hydrogens (tertiary/aromatic N) is 3. The van der Waals surface area contributed by atoms with Crippen molar-refractivity contribution < 1.29 is 23.5 Å². The zero-order valence-electron chi connectivity index (χ0n) is 25.1. The molecule has 1 unspecified atom stereocenters. The lowest BCUT2D eigenvalue weighted by Crippen LogP contribution is -2.40. The zero-order valence-corrected chi connectivity index (χ0v) is 25.1. The minimum Gasteiger partial charge on any atom is -0.444 e. The summed E-state index contributed by atoms with van der Waals surface area (Å²) >= 11 is 0. The molecular weight excluding hydrogens is 532 g/mol. The maximum Gasteiger partial charge on any atom is 0.407 e. The third-order valence-electron chi connectivity index (χ3n) is 7.53. The van der Waals surface area contributed by atoms with E-state index < -0.39 is 5.60 Å². The highest BCUT2D eigenvalue weighted by molar-refractivity contribution is 5.68. The first-order valence-corrected chi connectivity index (χ1v) is 15.1. The second-order valence-electron chi connectivity index (χ2n) is 12.2. The first-order valence-electron chi connectivity index (χ1n) is 15.1. The molecule has 42 heavy (non-hydrogen) atoms. The van der Waals surface area contributed by atoms with Crippen molar-refractivity contribution in [1.29, 1.82) is 0 Å². The topological polar surface area (TPSA) is 101 Å². The number of ether oxygens (including phenoxy) is 3. The molecule has 5 rings (SSSR count). The molecule has 2 aliphatic rings. The number of amides is 1. The molecule has 0 spiro atoms. The molecule has 224 valence electrons. The van der Waals surface area contributed by atoms with E-state index >= 15 is 0 Å². The molecule has 9 heteroatoms. The fourth-order valence-electron chi connectivity index (χ4n) is 5.38. The van der Waals surface area contributed by atoms with Crippen molar-refractivity contribution in [2.75, 3.05) is 6.61 Å². The summed E-state index contributed by atoms with van der Waals surface area (Å²) in [6.45, 7) is 8.91. The molecule has 1 saturated carbocycles. The van der Waals surface area contributed by atoms with E-state index in [9.17, 15) is 4.79 Å². The number of aromatic nitrogens is 3. The third kappa shape index (κ3) is 8.46. The fraction of sp³-hybridized carbons (Fsp3) is 0.545. The molecule has 1 saturated heterocycles. The van der Waals surface area contributed by atoms with Crippen LogP contribution in [0.15, 0.2) is 47.2 Å². The summed E-state index contributed by atoms with van der Waals surface area (Å²) in [4.78, 5) is 16.6. The number of carbonyl (C=O) groups excluding carboxylic acids is 1. The molecular formula is C33H42N4O5. The summed E-state index contributed by atoms with van der Waals surface area (Å²) in [7, 11) is 0. The number of hydrogen-bond acceptors (Lipinski definition) is 7. The Bertz CT molecular complexity index is 1360. The maximum absolute atomic E-state index is 12.0. The second kappa shape index (κ2) is 13.6. The largest absolute Gasteiger partial charge is 0.444 e. The lowest BCUT2D eigenvalue weighted by atomic mass is 9.86. The summed E-state index contributed by atoms with van der Waals surface area (Å²) in [5.74, 6) is 8.62. The van der Waals surface area contributed by atoms with E-state index in [2.05, 4.69) is 27.3 Å². The molecule has 0 radical (unpaired) electrons. The van der Waals surface area contributed by atoms with Crippen molar-refractivity contribution in [3.8, 4) is 23.2 Å². The van der Waals surface area contributed by atoms with Gasteiger partial charge in [-0.1, -0.05) is 17.0 Å². The summed E-state index contributed by atoms with van der Waals surface area (Å²) in [5, 5.41) is 7.28. The van der Waals surface area contributed by atoms with E-state index in [4.69, 9.17) is 18.7 Å². The van der Waals surface area contributed by atoms with Crippen molar-refractivity contribution in [2.24, 2.45) is 5.92 Å². The van der Waals surface area contributed by atoms with E-state index in [0.717, 1.165) is 74.2 Å². The lowest BCUT2D eigenvalue weighted by Gasteiger charge is -2.28. The molecule has 1 N–H and O–H groups in total. The van der Waals surface area contributed by atoms with Crippen LogP contribution < -0.4 is 5.32 Å². The minimum absolute atomic E-state index is 0.150. The molecule has 3 aromatic rings. The molecule has 2 aromatic heterocycles. The van der Waals surface area contributed by atoms with Gasteiger partial charge in [-0.2, -0.15) is 0 Å². The van der Waals surface area contributed by atoms with Crippen molar-refractivity contribution in [1.82, 2.24) is 20.0 Å². The summed E-state index contributed by atoms with van der Waals surface area (Å²) in [5.41, 5.74) is 2.24. The number of benzene rings is 1. The van der Waals surface area contributed by atoms with Crippen LogP contribution in [0, 0.1) is 17.8 Å². The molecule has 3 heterocycles. The number of rotatable bonds is 7. The van der Waals surface area contributed by atoms with Crippen LogP contribution in [0.4, 0.5) is 4.79 Å². The summed E-state index contributed by atoms with van der Waals surface area (Å²) in [6, 6.07) is 10.2. The number of hydrogen-bond donors (Lipinski definition) is 1. The van der Waals surface area contributed by atoms with E-state index in [-0.39, 0.29) is 24.5 Å². The smallest absolute Gasteiger partial charge is 0.407 e. The van der Waals surface area contributed by atoms with Gasteiger partial charge in [-0.05, 0) is 96.9 Å². The summed E-state index contributed by atoms with van der Waals surface area (Å²) in [6.07, 6.45) is 9.89. The predicted octanol–water partition coefficient (Wildman–Crippen LogP) is 6.63. The highest BCUT2D eigenvalue weighted by atomic mass is 16.7. The second-order valence-corrected chi connectivity index (χ2v) is 12.2. The van der Waals surface area contributed by atoms with Crippen molar-refractivity contribution in [3.05, 3.63) is 59.8 Å². The van der Waals surface area contributed by atoms with Crippen molar-refractivity contribution in [2.45, 2.75) is 103 Å². The number of imidazole rings is 1. The van der Waals surface area contributed by atoms with Crippen molar-refractivity contribution >= 4 is 6.09 Å². The summed E-state index contributed by atoms with van der Waals surface area (Å²) < 4.78 is 24.9. The minimum atomic E-state index is -0.485. The molecule has 0 bridgehead atoms. The van der Waals surface area contributed by atoms with Crippen molar-refractivity contribution in [3.63, 3.8) is 0 Å². The van der Waals surface area contributed by atoms with E-state index in [1.165, 1.54) is 0 Å². The Labute approximate surface area is 248 Å². The quantitative estimate of drug-likeness (QED) is 0.316. The van der Waals surface area contributed by atoms with Crippen LogP contribution in [0.2, 0.25) is 0 Å². The molecule has 1 aliphatic carbocycles.